The van der Waals surface area contributed by atoms with Crippen molar-refractivity contribution >= 4 is 17.1 Å². The Morgan fingerprint density at radius 1 is 1.21 bits per heavy atom. The molecule has 4 rings (SSSR count). The number of fused-ring (bicyclic) bond motifs is 1. The first-order valence-electron chi connectivity index (χ1n) is 8.00. The van der Waals surface area contributed by atoms with Crippen molar-refractivity contribution in [1.82, 2.24) is 14.7 Å². The molecule has 1 aliphatic rings. The minimum absolute atomic E-state index is 0.425. The first-order valence-corrected chi connectivity index (χ1v) is 8.00. The highest BCUT2D eigenvalue weighted by Crippen LogP contribution is 2.25. The molecule has 120 valence electrons. The van der Waals surface area contributed by atoms with E-state index in [4.69, 9.17) is 5.73 Å². The SMILES string of the molecule is NC(=O)c1cccc(-c2cnc3cc(C4=CCNCC4)ccn23)c1. The summed E-state index contributed by atoms with van der Waals surface area (Å²) in [6.07, 6.45) is 7.13. The van der Waals surface area contributed by atoms with E-state index in [1.807, 2.05) is 28.9 Å². The topological polar surface area (TPSA) is 72.4 Å². The summed E-state index contributed by atoms with van der Waals surface area (Å²) in [7, 11) is 0. The maximum atomic E-state index is 11.4. The maximum Gasteiger partial charge on any atom is 0.248 e. The van der Waals surface area contributed by atoms with Gasteiger partial charge in [-0.2, -0.15) is 0 Å². The van der Waals surface area contributed by atoms with E-state index in [-0.39, 0.29) is 0 Å². The second kappa shape index (κ2) is 5.94. The lowest BCUT2D eigenvalue weighted by Gasteiger charge is -2.14. The summed E-state index contributed by atoms with van der Waals surface area (Å²) in [5.74, 6) is -0.425. The molecule has 24 heavy (non-hydrogen) atoms. The fourth-order valence-corrected chi connectivity index (χ4v) is 3.11. The number of amides is 1. The van der Waals surface area contributed by atoms with Crippen LogP contribution in [-0.2, 0) is 0 Å². The third-order valence-electron chi connectivity index (χ3n) is 4.39. The van der Waals surface area contributed by atoms with Gasteiger partial charge in [0, 0.05) is 23.9 Å². The van der Waals surface area contributed by atoms with E-state index in [1.54, 1.807) is 12.1 Å². The van der Waals surface area contributed by atoms with Crippen molar-refractivity contribution in [1.29, 1.82) is 0 Å². The zero-order valence-electron chi connectivity index (χ0n) is 13.2. The lowest BCUT2D eigenvalue weighted by molar-refractivity contribution is 0.100. The normalized spacial score (nSPS) is 14.6. The highest BCUT2D eigenvalue weighted by atomic mass is 16.1. The molecule has 0 spiro atoms. The highest BCUT2D eigenvalue weighted by Gasteiger charge is 2.11. The van der Waals surface area contributed by atoms with Crippen molar-refractivity contribution in [3.05, 3.63) is 66.0 Å². The molecule has 5 heteroatoms. The van der Waals surface area contributed by atoms with E-state index < -0.39 is 5.91 Å². The summed E-state index contributed by atoms with van der Waals surface area (Å²) in [6.45, 7) is 1.93. The molecule has 0 radical (unpaired) electrons. The molecule has 3 N–H and O–H groups in total. The van der Waals surface area contributed by atoms with Crippen molar-refractivity contribution in [3.8, 4) is 11.3 Å². The lowest BCUT2D eigenvalue weighted by atomic mass is 10.0. The first kappa shape index (κ1) is 14.7. The number of benzene rings is 1. The summed E-state index contributed by atoms with van der Waals surface area (Å²) >= 11 is 0. The van der Waals surface area contributed by atoms with Gasteiger partial charge in [0.05, 0.1) is 11.9 Å². The van der Waals surface area contributed by atoms with Gasteiger partial charge >= 0.3 is 0 Å². The Labute approximate surface area is 139 Å². The number of aromatic nitrogens is 2. The molecule has 1 aliphatic heterocycles. The van der Waals surface area contributed by atoms with E-state index in [9.17, 15) is 4.79 Å². The molecule has 0 atom stereocenters. The fraction of sp³-hybridized carbons (Fsp3) is 0.158. The van der Waals surface area contributed by atoms with Gasteiger partial charge in [-0.15, -0.1) is 0 Å². The van der Waals surface area contributed by atoms with Crippen LogP contribution in [0.3, 0.4) is 0 Å². The van der Waals surface area contributed by atoms with Crippen LogP contribution in [0.15, 0.2) is 54.9 Å². The monoisotopic (exact) mass is 318 g/mol. The Bertz CT molecular complexity index is 955. The largest absolute Gasteiger partial charge is 0.366 e. The average molecular weight is 318 g/mol. The predicted molar refractivity (Wildman–Crippen MR) is 94.6 cm³/mol. The third kappa shape index (κ3) is 2.59. The number of carbonyl (C=O) groups is 1. The van der Waals surface area contributed by atoms with Crippen molar-refractivity contribution in [2.75, 3.05) is 13.1 Å². The standard InChI is InChI=1S/C19H18N4O/c20-19(24)16-3-1-2-15(10-16)17-12-22-18-11-14(6-9-23(17)18)13-4-7-21-8-5-13/h1-4,6,9-12,21H,5,7-8H2,(H2,20,24). The minimum atomic E-state index is -0.425. The number of rotatable bonds is 3. The second-order valence-electron chi connectivity index (χ2n) is 5.92. The smallest absolute Gasteiger partial charge is 0.248 e. The Morgan fingerprint density at radius 2 is 2.12 bits per heavy atom. The summed E-state index contributed by atoms with van der Waals surface area (Å²) < 4.78 is 2.03. The molecule has 0 unspecified atom stereocenters. The van der Waals surface area contributed by atoms with E-state index in [0.29, 0.717) is 5.56 Å². The summed E-state index contributed by atoms with van der Waals surface area (Å²) in [5, 5.41) is 3.33. The van der Waals surface area contributed by atoms with Gasteiger partial charge in [-0.05, 0) is 48.4 Å². The molecule has 3 aromatic rings. The van der Waals surface area contributed by atoms with Gasteiger partial charge in [0.15, 0.2) is 0 Å². The number of nitrogens with zero attached hydrogens (tertiary/aromatic N) is 2. The number of hydrogen-bond donors (Lipinski definition) is 2. The second-order valence-corrected chi connectivity index (χ2v) is 5.92. The van der Waals surface area contributed by atoms with Crippen LogP contribution in [0.4, 0.5) is 0 Å². The van der Waals surface area contributed by atoms with Crippen LogP contribution in [0.2, 0.25) is 0 Å². The molecule has 1 amide bonds. The van der Waals surface area contributed by atoms with Gasteiger partial charge < -0.3 is 11.1 Å². The molecule has 3 heterocycles. The molecule has 2 aromatic heterocycles. The van der Waals surface area contributed by atoms with Crippen molar-refractivity contribution in [2.24, 2.45) is 5.73 Å². The summed E-state index contributed by atoms with van der Waals surface area (Å²) in [4.78, 5) is 15.9. The van der Waals surface area contributed by atoms with Crippen LogP contribution >= 0.6 is 0 Å². The number of carbonyl (C=O) groups excluding carboxylic acids is 1. The number of pyridine rings is 1. The number of imidazole rings is 1. The highest BCUT2D eigenvalue weighted by molar-refractivity contribution is 5.94. The Kier molecular flexibility index (Phi) is 3.63. The zero-order chi connectivity index (χ0) is 16.5. The molecular weight excluding hydrogens is 300 g/mol. The molecule has 0 saturated heterocycles. The van der Waals surface area contributed by atoms with E-state index in [0.717, 1.165) is 36.4 Å². The fourth-order valence-electron chi connectivity index (χ4n) is 3.11. The molecule has 1 aromatic carbocycles. The minimum Gasteiger partial charge on any atom is -0.366 e. The number of hydrogen-bond acceptors (Lipinski definition) is 3. The van der Waals surface area contributed by atoms with Gasteiger partial charge in [0.1, 0.15) is 5.65 Å². The Balaban J connectivity index is 1.77. The van der Waals surface area contributed by atoms with E-state index in [1.165, 1.54) is 11.1 Å². The average Bonchev–Trinajstić information content (AvgIpc) is 3.05. The number of primary amides is 1. The maximum absolute atomic E-state index is 11.4. The molecule has 0 aliphatic carbocycles. The van der Waals surface area contributed by atoms with Crippen LogP contribution in [0.5, 0.6) is 0 Å². The molecule has 0 bridgehead atoms. The number of nitrogens with one attached hydrogen (secondary N) is 1. The quantitative estimate of drug-likeness (QED) is 0.779. The van der Waals surface area contributed by atoms with Gasteiger partial charge in [-0.1, -0.05) is 18.2 Å². The van der Waals surface area contributed by atoms with Crippen LogP contribution in [-0.4, -0.2) is 28.4 Å². The lowest BCUT2D eigenvalue weighted by Crippen LogP contribution is -2.20. The zero-order valence-corrected chi connectivity index (χ0v) is 13.2. The summed E-state index contributed by atoms with van der Waals surface area (Å²) in [5.41, 5.74) is 11.2. The number of nitrogens with two attached hydrogens (primary N) is 1. The Morgan fingerprint density at radius 3 is 2.92 bits per heavy atom. The third-order valence-corrected chi connectivity index (χ3v) is 4.39. The first-order chi connectivity index (χ1) is 11.7. The molecular formula is C19H18N4O. The van der Waals surface area contributed by atoms with Crippen LogP contribution in [0.1, 0.15) is 22.3 Å². The van der Waals surface area contributed by atoms with Crippen LogP contribution in [0, 0.1) is 0 Å². The summed E-state index contributed by atoms with van der Waals surface area (Å²) in [6, 6.07) is 11.5. The van der Waals surface area contributed by atoms with Crippen molar-refractivity contribution in [3.63, 3.8) is 0 Å². The Hall–Kier alpha value is -2.92. The van der Waals surface area contributed by atoms with Crippen molar-refractivity contribution in [2.45, 2.75) is 6.42 Å². The van der Waals surface area contributed by atoms with Gasteiger partial charge in [0.25, 0.3) is 0 Å². The van der Waals surface area contributed by atoms with Gasteiger partial charge in [0.2, 0.25) is 5.91 Å². The molecule has 0 fully saturated rings. The van der Waals surface area contributed by atoms with Crippen LogP contribution < -0.4 is 11.1 Å². The van der Waals surface area contributed by atoms with Crippen molar-refractivity contribution < 1.29 is 4.79 Å². The van der Waals surface area contributed by atoms with E-state index >= 15 is 0 Å². The molecule has 5 nitrogen and oxygen atoms in total. The van der Waals surface area contributed by atoms with Gasteiger partial charge in [-0.3, -0.25) is 9.20 Å². The van der Waals surface area contributed by atoms with Crippen LogP contribution in [0.25, 0.3) is 22.5 Å². The molecule has 0 saturated carbocycles. The predicted octanol–water partition coefficient (Wildman–Crippen LogP) is 2.48. The van der Waals surface area contributed by atoms with Gasteiger partial charge in [-0.25, -0.2) is 4.98 Å². The van der Waals surface area contributed by atoms with E-state index in [2.05, 4.69) is 28.5 Å².